The van der Waals surface area contributed by atoms with Crippen LogP contribution in [0.4, 0.5) is 20.4 Å². The number of nitrogens with zero attached hydrogens (tertiary/aromatic N) is 2. The number of aromatic nitrogens is 1. The van der Waals surface area contributed by atoms with Crippen molar-refractivity contribution >= 4 is 27.6 Å². The van der Waals surface area contributed by atoms with Crippen molar-refractivity contribution in [2.24, 2.45) is 11.8 Å². The number of benzene rings is 2. The Labute approximate surface area is 279 Å². The van der Waals surface area contributed by atoms with Crippen molar-refractivity contribution in [3.8, 4) is 5.75 Å². The van der Waals surface area contributed by atoms with Crippen molar-refractivity contribution < 1.29 is 36.9 Å². The number of carbonyl (C=O) groups is 1. The van der Waals surface area contributed by atoms with E-state index < -0.39 is 57.1 Å². The van der Waals surface area contributed by atoms with E-state index in [2.05, 4.69) is 27.9 Å². The van der Waals surface area contributed by atoms with Crippen LogP contribution in [0.1, 0.15) is 54.7 Å². The molecule has 0 saturated heterocycles. The van der Waals surface area contributed by atoms with Crippen LogP contribution in [0.5, 0.6) is 5.75 Å². The van der Waals surface area contributed by atoms with Gasteiger partial charge < -0.3 is 30.9 Å². The van der Waals surface area contributed by atoms with Gasteiger partial charge in [-0.2, -0.15) is 0 Å². The summed E-state index contributed by atoms with van der Waals surface area (Å²) in [6.45, 7) is 5.37. The lowest BCUT2D eigenvalue weighted by molar-refractivity contribution is 0.0679. The number of ether oxygens (including phenoxy) is 1. The Morgan fingerprint density at radius 2 is 1.81 bits per heavy atom. The third-order valence-corrected chi connectivity index (χ3v) is 11.1. The first-order valence-electron chi connectivity index (χ1n) is 16.0. The van der Waals surface area contributed by atoms with Crippen molar-refractivity contribution in [3.05, 3.63) is 82.9 Å². The van der Waals surface area contributed by atoms with E-state index in [1.807, 2.05) is 24.3 Å². The summed E-state index contributed by atoms with van der Waals surface area (Å²) in [7, 11) is -2.41. The van der Waals surface area contributed by atoms with Crippen LogP contribution >= 0.6 is 0 Å². The first-order valence-corrected chi connectivity index (χ1v) is 17.5. The highest BCUT2D eigenvalue weighted by atomic mass is 32.2. The van der Waals surface area contributed by atoms with Gasteiger partial charge in [-0.3, -0.25) is 9.10 Å². The van der Waals surface area contributed by atoms with Gasteiger partial charge in [0.15, 0.2) is 0 Å². The Bertz CT molecular complexity index is 1710. The molecule has 0 radical (unpaired) electrons. The molecular formula is C34H43F2N5O6S. The second-order valence-corrected chi connectivity index (χ2v) is 15.5. The molecule has 1 fully saturated rings. The lowest BCUT2D eigenvalue weighted by Gasteiger charge is -2.27. The van der Waals surface area contributed by atoms with E-state index in [9.17, 15) is 32.2 Å². The molecule has 0 spiro atoms. The Morgan fingerprint density at radius 1 is 1.12 bits per heavy atom. The average Bonchev–Trinajstić information content (AvgIpc) is 3.65. The molecule has 0 aliphatic heterocycles. The van der Waals surface area contributed by atoms with Crippen LogP contribution in [0.3, 0.4) is 0 Å². The number of pyridine rings is 1. The first kappa shape index (κ1) is 35.5. The number of carbonyl (C=O) groups excluding carboxylic acids is 1. The predicted octanol–water partition coefficient (Wildman–Crippen LogP) is 3.39. The molecule has 11 nitrogen and oxygen atoms in total. The molecule has 1 amide bonds. The smallest absolute Gasteiger partial charge is 0.251 e. The van der Waals surface area contributed by atoms with E-state index in [1.165, 1.54) is 19.2 Å². The fourth-order valence-corrected chi connectivity index (χ4v) is 6.76. The zero-order chi connectivity index (χ0) is 34.7. The molecule has 0 unspecified atom stereocenters. The second-order valence-electron chi connectivity index (χ2n) is 12.9. The molecule has 1 saturated carbocycles. The molecule has 6 atom stereocenters. The van der Waals surface area contributed by atoms with Crippen LogP contribution < -0.4 is 25.0 Å². The average molecular weight is 688 g/mol. The molecule has 5 N–H and O–H groups in total. The van der Waals surface area contributed by atoms with Crippen LogP contribution in [-0.4, -0.2) is 79.8 Å². The maximum absolute atomic E-state index is 13.9. The summed E-state index contributed by atoms with van der Waals surface area (Å²) in [6.07, 6.45) is -0.521. The third kappa shape index (κ3) is 8.41. The van der Waals surface area contributed by atoms with Crippen LogP contribution in [-0.2, 0) is 16.4 Å². The van der Waals surface area contributed by atoms with Crippen LogP contribution in [0.25, 0.3) is 0 Å². The molecule has 2 aliphatic rings. The van der Waals surface area contributed by atoms with Crippen LogP contribution in [0.15, 0.2) is 54.6 Å². The van der Waals surface area contributed by atoms with E-state index in [-0.39, 0.29) is 30.3 Å². The summed E-state index contributed by atoms with van der Waals surface area (Å²) in [6, 6.07) is 11.5. The van der Waals surface area contributed by atoms with Crippen molar-refractivity contribution in [1.29, 1.82) is 0 Å². The second kappa shape index (κ2) is 14.7. The SMILES string of the molecule is CC(C)S(=O)(=O)N(C)c1cc(C(=O)N[C@@H](COc2cc(F)cc(F)c2)[C@H](O)CN[C@@H]2c3ccccc3C[C@H]2O)cc(NC[C@H]2C[C@@H]2C)n1. The topological polar surface area (TPSA) is 153 Å². The number of halogens is 2. The highest BCUT2D eigenvalue weighted by molar-refractivity contribution is 7.93. The van der Waals surface area contributed by atoms with Gasteiger partial charge in [0.05, 0.1) is 29.5 Å². The predicted molar refractivity (Wildman–Crippen MR) is 178 cm³/mol. The minimum Gasteiger partial charge on any atom is -0.491 e. The Balaban J connectivity index is 1.38. The summed E-state index contributed by atoms with van der Waals surface area (Å²) in [4.78, 5) is 18.3. The van der Waals surface area contributed by atoms with Crippen molar-refractivity contribution in [2.45, 2.75) is 63.2 Å². The summed E-state index contributed by atoms with van der Waals surface area (Å²) in [5, 5.41) is 30.4. The molecule has 2 aromatic carbocycles. The fraction of sp³-hybridized carbons (Fsp3) is 0.471. The van der Waals surface area contributed by atoms with E-state index in [1.54, 1.807) is 13.8 Å². The summed E-state index contributed by atoms with van der Waals surface area (Å²) < 4.78 is 60.4. The molecule has 5 rings (SSSR count). The van der Waals surface area contributed by atoms with Crippen molar-refractivity contribution in [1.82, 2.24) is 15.6 Å². The van der Waals surface area contributed by atoms with Gasteiger partial charge in [0.25, 0.3) is 5.91 Å². The minimum absolute atomic E-state index is 0.0295. The van der Waals surface area contributed by atoms with Gasteiger partial charge in [0, 0.05) is 50.3 Å². The standard InChI is InChI=1S/C34H43F2N5O6S/c1-19(2)48(45,46)41(4)32-12-22(11-31(40-32)37-16-23-9-20(23)3)34(44)39-28(18-47-26-14-24(35)13-25(36)15-26)30(43)17-38-33-27-8-6-5-7-21(27)10-29(33)42/h5-8,11-15,19-20,23,28-30,33,38,42-43H,9-10,16-18H2,1-4H3,(H,37,40)(H,39,44)/t20-,23+,28-,29+,30+,33+/m0/s1. The van der Waals surface area contributed by atoms with E-state index in [0.717, 1.165) is 34.0 Å². The number of hydrogen-bond donors (Lipinski definition) is 5. The lowest BCUT2D eigenvalue weighted by atomic mass is 10.1. The summed E-state index contributed by atoms with van der Waals surface area (Å²) in [5.41, 5.74) is 1.95. The van der Waals surface area contributed by atoms with E-state index in [4.69, 9.17) is 4.74 Å². The molecule has 260 valence electrons. The summed E-state index contributed by atoms with van der Waals surface area (Å²) in [5.74, 6) is -1.19. The zero-order valence-electron chi connectivity index (χ0n) is 27.4. The number of nitrogens with one attached hydrogen (secondary N) is 3. The molecule has 14 heteroatoms. The van der Waals surface area contributed by atoms with E-state index >= 15 is 0 Å². The molecule has 1 heterocycles. The molecule has 1 aromatic heterocycles. The Hall–Kier alpha value is -3.85. The summed E-state index contributed by atoms with van der Waals surface area (Å²) >= 11 is 0. The van der Waals surface area contributed by atoms with Crippen molar-refractivity contribution in [2.75, 3.05) is 36.4 Å². The number of sulfonamides is 1. The maximum Gasteiger partial charge on any atom is 0.251 e. The van der Waals surface area contributed by atoms with Gasteiger partial charge in [-0.15, -0.1) is 0 Å². The molecular weight excluding hydrogens is 644 g/mol. The normalized spacial score (nSPS) is 21.4. The number of anilines is 2. The van der Waals surface area contributed by atoms with Gasteiger partial charge in [-0.25, -0.2) is 22.2 Å². The number of aliphatic hydroxyl groups excluding tert-OH is 2. The molecule has 2 aliphatic carbocycles. The highest BCUT2D eigenvalue weighted by Crippen LogP contribution is 2.37. The minimum atomic E-state index is -3.78. The quantitative estimate of drug-likeness (QED) is 0.162. The van der Waals surface area contributed by atoms with Gasteiger partial charge in [-0.1, -0.05) is 31.2 Å². The molecule has 3 aromatic rings. The Kier molecular flexibility index (Phi) is 10.9. The van der Waals surface area contributed by atoms with Crippen LogP contribution in [0, 0.1) is 23.5 Å². The first-order chi connectivity index (χ1) is 22.7. The Morgan fingerprint density at radius 3 is 2.48 bits per heavy atom. The third-order valence-electron chi connectivity index (χ3n) is 8.99. The number of fused-ring (bicyclic) bond motifs is 1. The van der Waals surface area contributed by atoms with Gasteiger partial charge in [0.2, 0.25) is 10.0 Å². The van der Waals surface area contributed by atoms with Crippen molar-refractivity contribution in [3.63, 3.8) is 0 Å². The number of amides is 1. The molecule has 0 bridgehead atoms. The number of hydrogen-bond acceptors (Lipinski definition) is 9. The largest absolute Gasteiger partial charge is 0.491 e. The maximum atomic E-state index is 13.9. The monoisotopic (exact) mass is 687 g/mol. The highest BCUT2D eigenvalue weighted by Gasteiger charge is 2.34. The zero-order valence-corrected chi connectivity index (χ0v) is 28.2. The number of aliphatic hydroxyl groups is 2. The fourth-order valence-electron chi connectivity index (χ4n) is 5.77. The lowest BCUT2D eigenvalue weighted by Crippen LogP contribution is -2.51. The number of rotatable bonds is 15. The van der Waals surface area contributed by atoms with Crippen LogP contribution in [0.2, 0.25) is 0 Å². The van der Waals surface area contributed by atoms with E-state index in [0.29, 0.717) is 36.7 Å². The van der Waals surface area contributed by atoms with Gasteiger partial charge >= 0.3 is 0 Å². The van der Waals surface area contributed by atoms with Gasteiger partial charge in [-0.05, 0) is 55.4 Å². The van der Waals surface area contributed by atoms with Gasteiger partial charge in [0.1, 0.15) is 35.6 Å². The molecule has 48 heavy (non-hydrogen) atoms.